The number of rotatable bonds is 4. The van der Waals surface area contributed by atoms with Gasteiger partial charge in [0.2, 0.25) is 0 Å². The second kappa shape index (κ2) is 6.67. The normalized spacial score (nSPS) is 25.5. The molecule has 3 heteroatoms. The van der Waals surface area contributed by atoms with Crippen molar-refractivity contribution in [3.8, 4) is 0 Å². The molecule has 0 radical (unpaired) electrons. The molecule has 0 N–H and O–H groups in total. The van der Waals surface area contributed by atoms with Gasteiger partial charge in [0.25, 0.3) is 0 Å². The van der Waals surface area contributed by atoms with Crippen LogP contribution in [0.2, 0.25) is 0 Å². The van der Waals surface area contributed by atoms with Crippen LogP contribution in [0.5, 0.6) is 0 Å². The number of hydrogen-bond donors (Lipinski definition) is 0. The van der Waals surface area contributed by atoms with Crippen LogP contribution < -0.4 is 0 Å². The van der Waals surface area contributed by atoms with Crippen molar-refractivity contribution in [3.63, 3.8) is 0 Å². The minimum atomic E-state index is -2.11. The van der Waals surface area contributed by atoms with E-state index in [1.54, 1.807) is 12.1 Å². The van der Waals surface area contributed by atoms with Gasteiger partial charge in [-0.25, -0.2) is 0 Å². The molecule has 0 aliphatic heterocycles. The third-order valence-corrected chi connectivity index (χ3v) is 4.92. The Labute approximate surface area is 118 Å². The molecule has 0 heterocycles. The summed E-state index contributed by atoms with van der Waals surface area (Å²) in [6.45, 7) is 4.56. The molecule has 1 aromatic carbocycles. The van der Waals surface area contributed by atoms with E-state index in [1.807, 2.05) is 12.1 Å². The first kappa shape index (κ1) is 14.7. The van der Waals surface area contributed by atoms with Gasteiger partial charge in [0.05, 0.1) is 0 Å². The van der Waals surface area contributed by atoms with Crippen molar-refractivity contribution in [2.45, 2.75) is 56.8 Å². The van der Waals surface area contributed by atoms with Gasteiger partial charge in [0.15, 0.2) is 0 Å². The van der Waals surface area contributed by atoms with E-state index in [0.29, 0.717) is 10.8 Å². The molecule has 0 amide bonds. The number of hydrogen-bond acceptors (Lipinski definition) is 2. The molecule has 0 spiro atoms. The van der Waals surface area contributed by atoms with Crippen molar-refractivity contribution >= 4 is 11.1 Å². The third kappa shape index (κ3) is 3.90. The molecular formula is C16H23O2S-. The molecule has 1 saturated carbocycles. The summed E-state index contributed by atoms with van der Waals surface area (Å²) >= 11 is -2.11. The Morgan fingerprint density at radius 1 is 1.21 bits per heavy atom. The predicted octanol–water partition coefficient (Wildman–Crippen LogP) is 4.24. The Balaban J connectivity index is 2.04. The molecule has 1 fully saturated rings. The van der Waals surface area contributed by atoms with Crippen LogP contribution in [0, 0.1) is 11.8 Å². The summed E-state index contributed by atoms with van der Waals surface area (Å²) in [5, 5.41) is 0. The van der Waals surface area contributed by atoms with Gasteiger partial charge in [-0.05, 0) is 72.6 Å². The smallest absolute Gasteiger partial charge is 0.0283 e. The van der Waals surface area contributed by atoms with E-state index in [-0.39, 0.29) is 0 Å². The summed E-state index contributed by atoms with van der Waals surface area (Å²) in [6, 6.07) is 7.46. The highest BCUT2D eigenvalue weighted by Gasteiger charge is 2.24. The molecular weight excluding hydrogens is 256 g/mol. The van der Waals surface area contributed by atoms with E-state index < -0.39 is 11.1 Å². The van der Waals surface area contributed by atoms with Gasteiger partial charge < -0.3 is 4.55 Å². The molecule has 0 bridgehead atoms. The molecule has 0 aromatic heterocycles. The molecule has 0 saturated heterocycles. The highest BCUT2D eigenvalue weighted by molar-refractivity contribution is 7.79. The second-order valence-corrected chi connectivity index (χ2v) is 7.03. The van der Waals surface area contributed by atoms with E-state index in [2.05, 4.69) is 13.8 Å². The molecule has 2 nitrogen and oxygen atoms in total. The van der Waals surface area contributed by atoms with E-state index >= 15 is 0 Å². The maximum Gasteiger partial charge on any atom is 0.0283 e. The zero-order chi connectivity index (χ0) is 13.8. The fraction of sp³-hybridized carbons (Fsp3) is 0.625. The second-order valence-electron chi connectivity index (χ2n) is 6.12. The minimum Gasteiger partial charge on any atom is -0.768 e. The highest BCUT2D eigenvalue weighted by Crippen LogP contribution is 2.39. The first-order valence-corrected chi connectivity index (χ1v) is 8.33. The minimum absolute atomic E-state index is 0.428. The predicted molar refractivity (Wildman–Crippen MR) is 77.8 cm³/mol. The lowest BCUT2D eigenvalue weighted by atomic mass is 9.76. The topological polar surface area (TPSA) is 40.1 Å². The highest BCUT2D eigenvalue weighted by atomic mass is 32.2. The third-order valence-electron chi connectivity index (χ3n) is 4.19. The summed E-state index contributed by atoms with van der Waals surface area (Å²) in [4.78, 5) is 0.495. The fourth-order valence-corrected chi connectivity index (χ4v) is 3.96. The summed E-state index contributed by atoms with van der Waals surface area (Å²) in [6.07, 6.45) is 6.05. The van der Waals surface area contributed by atoms with Crippen LogP contribution in [0.15, 0.2) is 29.2 Å². The lowest BCUT2D eigenvalue weighted by molar-refractivity contribution is 0.281. The largest absolute Gasteiger partial charge is 0.768 e. The summed E-state index contributed by atoms with van der Waals surface area (Å²) in [5.41, 5.74) is 1.03. The maximum atomic E-state index is 11.3. The fourth-order valence-electron chi connectivity index (χ4n) is 3.35. The van der Waals surface area contributed by atoms with Crippen molar-refractivity contribution in [2.24, 2.45) is 11.8 Å². The summed E-state index contributed by atoms with van der Waals surface area (Å²) < 4.78 is 22.5. The Morgan fingerprint density at radius 2 is 1.84 bits per heavy atom. The standard InChI is InChI=1S/C16H24O2S/c1-12(2)11-13-7-9-14(10-8-13)15-5-3-4-6-16(15)19(17)18/h3-6,12-14H,7-11H2,1-2H3,(H,17,18)/p-1. The summed E-state index contributed by atoms with van der Waals surface area (Å²) in [5.74, 6) is 2.03. The van der Waals surface area contributed by atoms with Gasteiger partial charge in [-0.15, -0.1) is 0 Å². The van der Waals surface area contributed by atoms with E-state index in [0.717, 1.165) is 30.2 Å². The first-order valence-electron chi connectivity index (χ1n) is 7.26. The zero-order valence-corrected chi connectivity index (χ0v) is 12.6. The van der Waals surface area contributed by atoms with Crippen LogP contribution in [0.4, 0.5) is 0 Å². The monoisotopic (exact) mass is 279 g/mol. The van der Waals surface area contributed by atoms with Crippen LogP contribution in [0.3, 0.4) is 0 Å². The van der Waals surface area contributed by atoms with Gasteiger partial charge in [-0.1, -0.05) is 32.0 Å². The van der Waals surface area contributed by atoms with E-state index in [1.165, 1.54) is 19.3 Å². The van der Waals surface area contributed by atoms with Crippen LogP contribution in [-0.4, -0.2) is 8.76 Å². The molecule has 1 atom stereocenters. The van der Waals surface area contributed by atoms with Crippen molar-refractivity contribution in [1.82, 2.24) is 0 Å². The average Bonchev–Trinajstić information content (AvgIpc) is 2.39. The number of benzene rings is 1. The molecule has 2 rings (SSSR count). The lowest BCUT2D eigenvalue weighted by Crippen LogP contribution is -2.16. The molecule has 106 valence electrons. The Morgan fingerprint density at radius 3 is 2.42 bits per heavy atom. The van der Waals surface area contributed by atoms with Crippen LogP contribution >= 0.6 is 0 Å². The van der Waals surface area contributed by atoms with Crippen LogP contribution in [0.1, 0.15) is 57.4 Å². The van der Waals surface area contributed by atoms with Crippen molar-refractivity contribution < 1.29 is 8.76 Å². The van der Waals surface area contributed by atoms with Gasteiger partial charge in [-0.2, -0.15) is 0 Å². The first-order chi connectivity index (χ1) is 9.08. The van der Waals surface area contributed by atoms with Gasteiger partial charge in [-0.3, -0.25) is 4.21 Å². The molecule has 1 aliphatic carbocycles. The Hall–Kier alpha value is -0.670. The average molecular weight is 279 g/mol. The molecule has 1 aromatic rings. The molecule has 1 unspecified atom stereocenters. The quantitative estimate of drug-likeness (QED) is 0.773. The molecule has 19 heavy (non-hydrogen) atoms. The van der Waals surface area contributed by atoms with Crippen LogP contribution in [0.25, 0.3) is 0 Å². The van der Waals surface area contributed by atoms with E-state index in [4.69, 9.17) is 0 Å². The van der Waals surface area contributed by atoms with Gasteiger partial charge >= 0.3 is 0 Å². The lowest BCUT2D eigenvalue weighted by Gasteiger charge is -2.31. The van der Waals surface area contributed by atoms with Gasteiger partial charge in [0.1, 0.15) is 0 Å². The SMILES string of the molecule is CC(C)CC1CCC(c2ccccc2S(=O)[O-])CC1. The Kier molecular flexibility index (Phi) is 5.17. The van der Waals surface area contributed by atoms with Crippen molar-refractivity contribution in [2.75, 3.05) is 0 Å². The van der Waals surface area contributed by atoms with Crippen LogP contribution in [-0.2, 0) is 11.1 Å². The molecule has 1 aliphatic rings. The zero-order valence-electron chi connectivity index (χ0n) is 11.8. The van der Waals surface area contributed by atoms with E-state index in [9.17, 15) is 8.76 Å². The van der Waals surface area contributed by atoms with Crippen molar-refractivity contribution in [1.29, 1.82) is 0 Å². The maximum absolute atomic E-state index is 11.3. The Bertz CT molecular complexity index is 434. The summed E-state index contributed by atoms with van der Waals surface area (Å²) in [7, 11) is 0. The van der Waals surface area contributed by atoms with Crippen molar-refractivity contribution in [3.05, 3.63) is 29.8 Å². The van der Waals surface area contributed by atoms with Gasteiger partial charge in [0, 0.05) is 4.90 Å².